The van der Waals surface area contributed by atoms with Crippen LogP contribution in [-0.2, 0) is 28.5 Å². The third-order valence-electron chi connectivity index (χ3n) is 9.17. The zero-order valence-corrected chi connectivity index (χ0v) is 24.1. The lowest BCUT2D eigenvalue weighted by Gasteiger charge is -2.51. The lowest BCUT2D eigenvalue weighted by atomic mass is 9.67. The molecule has 3 aliphatic carbocycles. The molecule has 0 spiro atoms. The molecule has 8 unspecified atom stereocenters. The fourth-order valence-electron chi connectivity index (χ4n) is 7.05. The molecule has 0 aromatic carbocycles. The smallest absolute Gasteiger partial charge is 0.315 e. The first-order valence-electron chi connectivity index (χ1n) is 14.7. The van der Waals surface area contributed by atoms with Crippen molar-refractivity contribution in [2.45, 2.75) is 118 Å². The molecule has 208 valence electrons. The van der Waals surface area contributed by atoms with Crippen LogP contribution in [0.25, 0.3) is 0 Å². The zero-order chi connectivity index (χ0) is 26.6. The van der Waals surface area contributed by atoms with Gasteiger partial charge in [0.05, 0.1) is 5.92 Å². The van der Waals surface area contributed by atoms with Gasteiger partial charge in [-0.1, -0.05) is 54.4 Å². The van der Waals surface area contributed by atoms with Gasteiger partial charge in [0.2, 0.25) is 0 Å². The highest BCUT2D eigenvalue weighted by molar-refractivity contribution is 5.85. The van der Waals surface area contributed by atoms with Crippen LogP contribution in [0.4, 0.5) is 0 Å². The molecule has 3 rings (SSSR count). The van der Waals surface area contributed by atoms with Gasteiger partial charge in [-0.15, -0.1) is 0 Å². The van der Waals surface area contributed by atoms with Crippen molar-refractivity contribution in [1.29, 1.82) is 0 Å². The molecular formula is C30H52O6. The summed E-state index contributed by atoms with van der Waals surface area (Å²) in [6.45, 7) is 17.8. The molecule has 8 atom stereocenters. The summed E-state index contributed by atoms with van der Waals surface area (Å²) in [5, 5.41) is 0. The SMILES string of the molecule is CCOC1(OCC)CC(C(=O)OC2CC(C)CCC2C(C)C)C1C(=O)OC1CC(C)CCC1C(C)C. The van der Waals surface area contributed by atoms with E-state index < -0.39 is 17.6 Å². The second-order valence-electron chi connectivity index (χ2n) is 12.6. The largest absolute Gasteiger partial charge is 0.462 e. The van der Waals surface area contributed by atoms with E-state index >= 15 is 0 Å². The van der Waals surface area contributed by atoms with E-state index in [1.807, 2.05) is 13.8 Å². The molecule has 0 radical (unpaired) electrons. The van der Waals surface area contributed by atoms with E-state index in [4.69, 9.17) is 18.9 Å². The summed E-state index contributed by atoms with van der Waals surface area (Å²) in [6, 6.07) is 0. The Morgan fingerprint density at radius 1 is 0.750 bits per heavy atom. The maximum Gasteiger partial charge on any atom is 0.315 e. The van der Waals surface area contributed by atoms with Crippen LogP contribution in [-0.4, -0.2) is 43.1 Å². The summed E-state index contributed by atoms with van der Waals surface area (Å²) in [7, 11) is 0. The van der Waals surface area contributed by atoms with E-state index in [1.54, 1.807) is 0 Å². The van der Waals surface area contributed by atoms with Crippen LogP contribution in [0.5, 0.6) is 0 Å². The first kappa shape index (κ1) is 29.4. The number of ether oxygens (including phenoxy) is 4. The molecule has 6 heteroatoms. The Balaban J connectivity index is 1.79. The van der Waals surface area contributed by atoms with Crippen molar-refractivity contribution in [3.05, 3.63) is 0 Å². The lowest BCUT2D eigenvalue weighted by molar-refractivity contribution is -0.324. The molecule has 0 amide bonds. The topological polar surface area (TPSA) is 71.1 Å². The summed E-state index contributed by atoms with van der Waals surface area (Å²) >= 11 is 0. The first-order chi connectivity index (χ1) is 17.0. The number of hydrogen-bond acceptors (Lipinski definition) is 6. The van der Waals surface area contributed by atoms with Gasteiger partial charge in [-0.25, -0.2) is 0 Å². The van der Waals surface area contributed by atoms with Crippen molar-refractivity contribution in [3.63, 3.8) is 0 Å². The summed E-state index contributed by atoms with van der Waals surface area (Å²) in [4.78, 5) is 27.3. The fraction of sp³-hybridized carbons (Fsp3) is 0.933. The van der Waals surface area contributed by atoms with Crippen LogP contribution in [0.2, 0.25) is 0 Å². The lowest BCUT2D eigenvalue weighted by Crippen LogP contribution is -2.64. The minimum atomic E-state index is -1.12. The number of carbonyl (C=O) groups excluding carboxylic acids is 2. The molecule has 0 heterocycles. The second-order valence-corrected chi connectivity index (χ2v) is 12.6. The van der Waals surface area contributed by atoms with Gasteiger partial charge in [-0.2, -0.15) is 0 Å². The van der Waals surface area contributed by atoms with E-state index in [0.717, 1.165) is 32.1 Å². The second kappa shape index (κ2) is 12.6. The third kappa shape index (κ3) is 6.46. The van der Waals surface area contributed by atoms with Gasteiger partial charge >= 0.3 is 11.9 Å². The van der Waals surface area contributed by atoms with E-state index in [9.17, 15) is 9.59 Å². The Morgan fingerprint density at radius 3 is 1.61 bits per heavy atom. The van der Waals surface area contributed by atoms with E-state index in [0.29, 0.717) is 55.1 Å². The Bertz CT molecular complexity index is 727. The van der Waals surface area contributed by atoms with Gasteiger partial charge in [0.1, 0.15) is 18.1 Å². The van der Waals surface area contributed by atoms with Gasteiger partial charge < -0.3 is 18.9 Å². The van der Waals surface area contributed by atoms with Crippen LogP contribution in [0.1, 0.15) is 100 Å². The van der Waals surface area contributed by atoms with E-state index in [2.05, 4.69) is 41.5 Å². The Hall–Kier alpha value is -1.14. The highest BCUT2D eigenvalue weighted by Gasteiger charge is 2.64. The van der Waals surface area contributed by atoms with Gasteiger partial charge in [-0.3, -0.25) is 9.59 Å². The molecule has 6 nitrogen and oxygen atoms in total. The zero-order valence-electron chi connectivity index (χ0n) is 24.1. The van der Waals surface area contributed by atoms with Gasteiger partial charge in [0.25, 0.3) is 0 Å². The molecule has 3 saturated carbocycles. The molecule has 36 heavy (non-hydrogen) atoms. The molecule has 0 saturated heterocycles. The third-order valence-corrected chi connectivity index (χ3v) is 9.17. The number of esters is 2. The number of rotatable bonds is 10. The molecule has 3 aliphatic rings. The summed E-state index contributed by atoms with van der Waals surface area (Å²) in [6.07, 6.45) is 6.31. The quantitative estimate of drug-likeness (QED) is 0.251. The number of carbonyl (C=O) groups is 2. The predicted octanol–water partition coefficient (Wildman–Crippen LogP) is 6.40. The predicted molar refractivity (Wildman–Crippen MR) is 140 cm³/mol. The average Bonchev–Trinajstić information content (AvgIpc) is 2.77. The highest BCUT2D eigenvalue weighted by Crippen LogP contribution is 2.50. The van der Waals surface area contributed by atoms with Gasteiger partial charge in [-0.05, 0) is 75.0 Å². The van der Waals surface area contributed by atoms with Crippen molar-refractivity contribution in [3.8, 4) is 0 Å². The van der Waals surface area contributed by atoms with Crippen molar-refractivity contribution < 1.29 is 28.5 Å². The summed E-state index contributed by atoms with van der Waals surface area (Å²) in [5.74, 6) is -0.554. The van der Waals surface area contributed by atoms with Crippen molar-refractivity contribution in [2.24, 2.45) is 47.3 Å². The average molecular weight is 509 g/mol. The normalized spacial score (nSPS) is 36.4. The van der Waals surface area contributed by atoms with Crippen LogP contribution >= 0.6 is 0 Å². The van der Waals surface area contributed by atoms with E-state index in [1.165, 1.54) is 6.42 Å². The highest BCUT2D eigenvalue weighted by atomic mass is 16.7. The van der Waals surface area contributed by atoms with Crippen molar-refractivity contribution in [1.82, 2.24) is 0 Å². The molecule has 0 bridgehead atoms. The Morgan fingerprint density at radius 2 is 1.19 bits per heavy atom. The van der Waals surface area contributed by atoms with Crippen LogP contribution in [0.15, 0.2) is 0 Å². The fourth-order valence-corrected chi connectivity index (χ4v) is 7.05. The Labute approximate surface area is 219 Å². The van der Waals surface area contributed by atoms with Crippen LogP contribution in [0, 0.1) is 47.3 Å². The minimum absolute atomic E-state index is 0.100. The maximum absolute atomic E-state index is 13.8. The standard InChI is InChI=1S/C30H52O6/c1-9-33-30(34-10-2)17-24(28(31)35-25-15-20(7)11-13-22(25)18(3)4)27(30)29(32)36-26-16-21(8)12-14-23(26)19(5)6/h18-27H,9-17H2,1-8H3. The summed E-state index contributed by atoms with van der Waals surface area (Å²) < 4.78 is 24.5. The molecule has 0 N–H and O–H groups in total. The van der Waals surface area contributed by atoms with Gasteiger partial charge in [0, 0.05) is 19.6 Å². The minimum Gasteiger partial charge on any atom is -0.462 e. The summed E-state index contributed by atoms with van der Waals surface area (Å²) in [5.41, 5.74) is 0. The van der Waals surface area contributed by atoms with E-state index in [-0.39, 0.29) is 24.1 Å². The van der Waals surface area contributed by atoms with Crippen LogP contribution < -0.4 is 0 Å². The maximum atomic E-state index is 13.8. The van der Waals surface area contributed by atoms with Crippen LogP contribution in [0.3, 0.4) is 0 Å². The molecule has 0 aliphatic heterocycles. The molecule has 0 aromatic heterocycles. The first-order valence-corrected chi connectivity index (χ1v) is 14.7. The monoisotopic (exact) mass is 508 g/mol. The molecule has 0 aromatic rings. The number of hydrogen-bond donors (Lipinski definition) is 0. The Kier molecular flexibility index (Phi) is 10.3. The van der Waals surface area contributed by atoms with Crippen molar-refractivity contribution >= 4 is 11.9 Å². The van der Waals surface area contributed by atoms with Crippen molar-refractivity contribution in [2.75, 3.05) is 13.2 Å². The molecule has 3 fully saturated rings. The van der Waals surface area contributed by atoms with Gasteiger partial charge in [0.15, 0.2) is 5.79 Å². The molecular weight excluding hydrogens is 456 g/mol.